The van der Waals surface area contributed by atoms with Gasteiger partial charge in [-0.05, 0) is 66.9 Å². The molecule has 1 aliphatic rings. The van der Waals surface area contributed by atoms with Gasteiger partial charge in [-0.1, -0.05) is 29.8 Å². The number of pyridine rings is 1. The molecule has 1 unspecified atom stereocenters. The maximum Gasteiger partial charge on any atom is 0.253 e. The Kier molecular flexibility index (Phi) is 7.58. The number of carbonyl (C=O) groups is 2. The third-order valence-electron chi connectivity index (χ3n) is 5.67. The summed E-state index contributed by atoms with van der Waals surface area (Å²) in [4.78, 5) is 31.5. The van der Waals surface area contributed by atoms with E-state index in [0.717, 1.165) is 29.8 Å². The maximum atomic E-state index is 12.8. The highest BCUT2D eigenvalue weighted by atomic mass is 35.5. The second-order valence-corrected chi connectivity index (χ2v) is 8.51. The molecular formula is C26H26ClN3O3. The first-order valence-electron chi connectivity index (χ1n) is 11.0. The van der Waals surface area contributed by atoms with Crippen molar-refractivity contribution in [2.24, 2.45) is 5.92 Å². The van der Waals surface area contributed by atoms with E-state index in [1.165, 1.54) is 0 Å². The van der Waals surface area contributed by atoms with Crippen LogP contribution < -0.4 is 10.1 Å². The number of hydrogen-bond donors (Lipinski definition) is 1. The smallest absolute Gasteiger partial charge is 0.253 e. The zero-order chi connectivity index (χ0) is 23.0. The van der Waals surface area contributed by atoms with Crippen LogP contribution in [0.3, 0.4) is 0 Å². The number of hydrogen-bond acceptors (Lipinski definition) is 4. The molecule has 33 heavy (non-hydrogen) atoms. The van der Waals surface area contributed by atoms with Crippen molar-refractivity contribution in [1.29, 1.82) is 0 Å². The Bertz CT molecular complexity index is 1070. The molecule has 0 bridgehead atoms. The van der Waals surface area contributed by atoms with Crippen molar-refractivity contribution in [2.75, 3.05) is 13.1 Å². The quantitative estimate of drug-likeness (QED) is 0.560. The first-order valence-corrected chi connectivity index (χ1v) is 11.4. The molecule has 1 N–H and O–H groups in total. The highest BCUT2D eigenvalue weighted by molar-refractivity contribution is 6.30. The molecule has 1 fully saturated rings. The topological polar surface area (TPSA) is 71.5 Å². The lowest BCUT2D eigenvalue weighted by Crippen LogP contribution is -2.45. The number of piperidine rings is 1. The van der Waals surface area contributed by atoms with Gasteiger partial charge in [0.1, 0.15) is 12.4 Å². The summed E-state index contributed by atoms with van der Waals surface area (Å²) in [5.74, 6) is 0.444. The van der Waals surface area contributed by atoms with Gasteiger partial charge in [-0.3, -0.25) is 14.6 Å². The average molecular weight is 464 g/mol. The minimum atomic E-state index is -0.212. The molecule has 6 nitrogen and oxygen atoms in total. The molecule has 0 spiro atoms. The van der Waals surface area contributed by atoms with Crippen LogP contribution in [0, 0.1) is 5.92 Å². The largest absolute Gasteiger partial charge is 0.487 e. The summed E-state index contributed by atoms with van der Waals surface area (Å²) in [7, 11) is 0. The third kappa shape index (κ3) is 6.33. The lowest BCUT2D eigenvalue weighted by molar-refractivity contribution is -0.126. The number of ether oxygens (including phenoxy) is 1. The van der Waals surface area contributed by atoms with Crippen LogP contribution in [0.25, 0.3) is 0 Å². The molecule has 1 aliphatic heterocycles. The molecule has 3 aromatic rings. The Morgan fingerprint density at radius 1 is 1.06 bits per heavy atom. The van der Waals surface area contributed by atoms with E-state index in [4.69, 9.17) is 16.3 Å². The molecule has 2 aromatic carbocycles. The Hall–Kier alpha value is -3.38. The molecule has 170 valence electrons. The van der Waals surface area contributed by atoms with Crippen molar-refractivity contribution in [3.05, 3.63) is 94.8 Å². The van der Waals surface area contributed by atoms with E-state index in [1.807, 2.05) is 42.5 Å². The van der Waals surface area contributed by atoms with E-state index in [9.17, 15) is 9.59 Å². The second kappa shape index (κ2) is 11.0. The van der Waals surface area contributed by atoms with Gasteiger partial charge < -0.3 is 15.0 Å². The Balaban J connectivity index is 1.25. The lowest BCUT2D eigenvalue weighted by atomic mass is 9.96. The average Bonchev–Trinajstić information content (AvgIpc) is 2.87. The van der Waals surface area contributed by atoms with Crippen LogP contribution in [-0.2, 0) is 17.9 Å². The molecule has 0 radical (unpaired) electrons. The fourth-order valence-corrected chi connectivity index (χ4v) is 3.95. The van der Waals surface area contributed by atoms with Crippen LogP contribution in [0.15, 0.2) is 72.9 Å². The van der Waals surface area contributed by atoms with E-state index < -0.39 is 0 Å². The summed E-state index contributed by atoms with van der Waals surface area (Å²) < 4.78 is 5.75. The molecule has 1 aromatic heterocycles. The van der Waals surface area contributed by atoms with Crippen molar-refractivity contribution in [1.82, 2.24) is 15.2 Å². The Labute approximate surface area is 198 Å². The predicted octanol–water partition coefficient (Wildman–Crippen LogP) is 4.48. The minimum absolute atomic E-state index is 0.0286. The minimum Gasteiger partial charge on any atom is -0.487 e. The van der Waals surface area contributed by atoms with Gasteiger partial charge in [-0.25, -0.2) is 0 Å². The summed E-state index contributed by atoms with van der Waals surface area (Å²) in [6, 6.07) is 20.2. The molecule has 2 amide bonds. The molecule has 0 saturated carbocycles. The number of benzene rings is 2. The van der Waals surface area contributed by atoms with Crippen LogP contribution >= 0.6 is 11.6 Å². The van der Waals surface area contributed by atoms with Crippen molar-refractivity contribution in [3.8, 4) is 5.75 Å². The van der Waals surface area contributed by atoms with Crippen molar-refractivity contribution in [2.45, 2.75) is 26.0 Å². The highest BCUT2D eigenvalue weighted by Crippen LogP contribution is 2.20. The monoisotopic (exact) mass is 463 g/mol. The van der Waals surface area contributed by atoms with Crippen LogP contribution in [0.2, 0.25) is 5.02 Å². The second-order valence-electron chi connectivity index (χ2n) is 8.07. The first kappa shape index (κ1) is 22.8. The molecular weight excluding hydrogens is 438 g/mol. The Morgan fingerprint density at radius 2 is 1.85 bits per heavy atom. The van der Waals surface area contributed by atoms with Crippen LogP contribution in [-0.4, -0.2) is 34.8 Å². The van der Waals surface area contributed by atoms with Gasteiger partial charge in [-0.2, -0.15) is 0 Å². The highest BCUT2D eigenvalue weighted by Gasteiger charge is 2.28. The van der Waals surface area contributed by atoms with E-state index >= 15 is 0 Å². The standard InChI is InChI=1S/C26H26ClN3O3/c27-22-10-8-20(9-11-22)26(32)30-15-3-4-21(17-30)25(31)29-16-19-6-12-24(13-7-19)33-18-23-5-1-2-14-28-23/h1-2,5-14,21H,3-4,15-18H2,(H,29,31). The number of halogens is 1. The summed E-state index contributed by atoms with van der Waals surface area (Å²) in [5, 5.41) is 3.60. The van der Waals surface area contributed by atoms with Gasteiger partial charge in [0, 0.05) is 36.4 Å². The molecule has 1 saturated heterocycles. The zero-order valence-corrected chi connectivity index (χ0v) is 19.0. The molecule has 7 heteroatoms. The van der Waals surface area contributed by atoms with Gasteiger partial charge >= 0.3 is 0 Å². The van der Waals surface area contributed by atoms with Crippen LogP contribution in [0.4, 0.5) is 0 Å². The number of likely N-dealkylation sites (tertiary alicyclic amines) is 1. The van der Waals surface area contributed by atoms with Crippen LogP contribution in [0.1, 0.15) is 34.5 Å². The van der Waals surface area contributed by atoms with Crippen molar-refractivity contribution < 1.29 is 14.3 Å². The van der Waals surface area contributed by atoms with Gasteiger partial charge in [0.2, 0.25) is 5.91 Å². The number of nitrogens with zero attached hydrogens (tertiary/aromatic N) is 2. The predicted molar refractivity (Wildman–Crippen MR) is 127 cm³/mol. The van der Waals surface area contributed by atoms with Crippen LogP contribution in [0.5, 0.6) is 5.75 Å². The number of nitrogens with one attached hydrogen (secondary N) is 1. The summed E-state index contributed by atoms with van der Waals surface area (Å²) in [6.45, 7) is 1.92. The SMILES string of the molecule is O=C(NCc1ccc(OCc2ccccn2)cc1)C1CCCN(C(=O)c2ccc(Cl)cc2)C1. The Morgan fingerprint density at radius 3 is 2.58 bits per heavy atom. The van der Waals surface area contributed by atoms with Gasteiger partial charge in [0.15, 0.2) is 0 Å². The lowest BCUT2D eigenvalue weighted by Gasteiger charge is -2.32. The maximum absolute atomic E-state index is 12.8. The number of carbonyl (C=O) groups excluding carboxylic acids is 2. The molecule has 0 aliphatic carbocycles. The normalized spacial score (nSPS) is 15.7. The number of aromatic nitrogens is 1. The zero-order valence-electron chi connectivity index (χ0n) is 18.2. The molecule has 1 atom stereocenters. The summed E-state index contributed by atoms with van der Waals surface area (Å²) in [5.41, 5.74) is 2.44. The summed E-state index contributed by atoms with van der Waals surface area (Å²) >= 11 is 5.91. The first-order chi connectivity index (χ1) is 16.1. The van der Waals surface area contributed by atoms with E-state index in [-0.39, 0.29) is 17.7 Å². The van der Waals surface area contributed by atoms with E-state index in [2.05, 4.69) is 10.3 Å². The molecule has 2 heterocycles. The fourth-order valence-electron chi connectivity index (χ4n) is 3.83. The number of rotatable bonds is 7. The van der Waals surface area contributed by atoms with Crippen molar-refractivity contribution in [3.63, 3.8) is 0 Å². The van der Waals surface area contributed by atoms with E-state index in [1.54, 1.807) is 35.4 Å². The van der Waals surface area contributed by atoms with E-state index in [0.29, 0.717) is 36.8 Å². The van der Waals surface area contributed by atoms with Gasteiger partial charge in [0.05, 0.1) is 11.6 Å². The van der Waals surface area contributed by atoms with Crippen molar-refractivity contribution >= 4 is 23.4 Å². The third-order valence-corrected chi connectivity index (χ3v) is 5.93. The summed E-state index contributed by atoms with van der Waals surface area (Å²) in [6.07, 6.45) is 3.32. The number of amides is 2. The van der Waals surface area contributed by atoms with Gasteiger partial charge in [0.25, 0.3) is 5.91 Å². The fraction of sp³-hybridized carbons (Fsp3) is 0.269. The molecule has 4 rings (SSSR count). The van der Waals surface area contributed by atoms with Gasteiger partial charge in [-0.15, -0.1) is 0 Å².